The topological polar surface area (TPSA) is 149 Å². The fourth-order valence-electron chi connectivity index (χ4n) is 3.70. The van der Waals surface area contributed by atoms with E-state index in [1.807, 2.05) is 30.4 Å². The quantitative estimate of drug-likeness (QED) is 0.329. The highest BCUT2D eigenvalue weighted by Gasteiger charge is 2.20. The van der Waals surface area contributed by atoms with E-state index in [2.05, 4.69) is 30.6 Å². The normalized spacial score (nSPS) is 12.2. The van der Waals surface area contributed by atoms with E-state index in [9.17, 15) is 9.59 Å². The van der Waals surface area contributed by atoms with E-state index >= 15 is 0 Å². The van der Waals surface area contributed by atoms with E-state index in [0.717, 1.165) is 10.6 Å². The predicted molar refractivity (Wildman–Crippen MR) is 126 cm³/mol. The van der Waals surface area contributed by atoms with E-state index in [1.165, 1.54) is 15.9 Å². The van der Waals surface area contributed by atoms with Crippen LogP contribution in [0.4, 0.5) is 0 Å². The third-order valence-electron chi connectivity index (χ3n) is 5.31. The number of aromatic nitrogens is 7. The number of nitrogens with one attached hydrogen (secondary N) is 2. The van der Waals surface area contributed by atoms with Crippen molar-refractivity contribution in [3.05, 3.63) is 65.6 Å². The van der Waals surface area contributed by atoms with Crippen molar-refractivity contribution in [3.8, 4) is 21.7 Å². The summed E-state index contributed by atoms with van der Waals surface area (Å²) in [6, 6.07) is 5.48. The summed E-state index contributed by atoms with van der Waals surface area (Å²) in [4.78, 5) is 35.5. The Bertz CT molecular complexity index is 1500. The third kappa shape index (κ3) is 4.06. The van der Waals surface area contributed by atoms with Crippen LogP contribution < -0.4 is 11.1 Å². The number of fused-ring (bicyclic) bond motifs is 1. The molecule has 0 saturated carbocycles. The molecule has 0 aromatic carbocycles. The first kappa shape index (κ1) is 21.5. The maximum Gasteiger partial charge on any atom is 0.253 e. The number of primary amides is 1. The number of aromatic amines is 1. The average Bonchev–Trinajstić information content (AvgIpc) is 3.59. The van der Waals surface area contributed by atoms with Crippen molar-refractivity contribution in [3.63, 3.8) is 0 Å². The molecule has 5 aromatic heterocycles. The van der Waals surface area contributed by atoms with Gasteiger partial charge in [-0.05, 0) is 32.0 Å². The number of amides is 2. The maximum atomic E-state index is 13.2. The van der Waals surface area contributed by atoms with Crippen LogP contribution in [0.25, 0.3) is 27.3 Å². The van der Waals surface area contributed by atoms with Gasteiger partial charge in [-0.3, -0.25) is 23.8 Å². The fourth-order valence-corrected chi connectivity index (χ4v) is 4.57. The summed E-state index contributed by atoms with van der Waals surface area (Å²) in [5.41, 5.74) is 8.69. The largest absolute Gasteiger partial charge is 0.368 e. The van der Waals surface area contributed by atoms with Gasteiger partial charge in [-0.1, -0.05) is 0 Å². The standard InChI is InChI=1S/C22H21N9O2S/c1-12-3-4-18(34-12)17-7-24-21-16(15-6-27-30(8-15)10-19(23)32)5-14(9-31(17)21)22(33)28-13(2)20-25-11-26-29-20/h3-9,11,13H,10H2,1-2H3,(H2,23,32)(H,28,33)(H,25,26,29). The molecule has 0 bridgehead atoms. The molecule has 0 aliphatic carbocycles. The molecular formula is C22H21N9O2S. The Morgan fingerprint density at radius 3 is 2.79 bits per heavy atom. The maximum absolute atomic E-state index is 13.2. The molecule has 12 heteroatoms. The Morgan fingerprint density at radius 2 is 2.09 bits per heavy atom. The summed E-state index contributed by atoms with van der Waals surface area (Å²) < 4.78 is 3.36. The van der Waals surface area contributed by atoms with Crippen molar-refractivity contribution in [1.29, 1.82) is 0 Å². The number of nitrogens with two attached hydrogens (primary N) is 1. The minimum atomic E-state index is -0.495. The average molecular weight is 476 g/mol. The van der Waals surface area contributed by atoms with Gasteiger partial charge < -0.3 is 11.1 Å². The first-order valence-corrected chi connectivity index (χ1v) is 11.3. The van der Waals surface area contributed by atoms with Crippen molar-refractivity contribution in [1.82, 2.24) is 39.7 Å². The van der Waals surface area contributed by atoms with Gasteiger partial charge in [-0.15, -0.1) is 11.3 Å². The molecule has 1 unspecified atom stereocenters. The summed E-state index contributed by atoms with van der Waals surface area (Å²) in [6.45, 7) is 3.82. The van der Waals surface area contributed by atoms with Crippen LogP contribution in [0.5, 0.6) is 0 Å². The van der Waals surface area contributed by atoms with Gasteiger partial charge in [0.2, 0.25) is 5.91 Å². The van der Waals surface area contributed by atoms with Crippen molar-refractivity contribution >= 4 is 28.8 Å². The van der Waals surface area contributed by atoms with Gasteiger partial charge >= 0.3 is 0 Å². The first-order chi connectivity index (χ1) is 16.4. The molecule has 0 aliphatic heterocycles. The minimum absolute atomic E-state index is 0.0423. The first-order valence-electron chi connectivity index (χ1n) is 10.4. The van der Waals surface area contributed by atoms with Gasteiger partial charge in [0.05, 0.1) is 34.6 Å². The number of pyridine rings is 1. The van der Waals surface area contributed by atoms with Crippen LogP contribution in [0.1, 0.15) is 34.0 Å². The SMILES string of the molecule is Cc1ccc(-c2cnc3c(-c4cnn(CC(N)=O)c4)cc(C(=O)NC(C)c4ncn[nH]4)cn23)s1. The number of nitrogens with zero attached hydrogens (tertiary/aromatic N) is 6. The third-order valence-corrected chi connectivity index (χ3v) is 6.34. The zero-order valence-corrected chi connectivity index (χ0v) is 19.2. The number of rotatable bonds is 7. The number of hydrogen-bond acceptors (Lipinski definition) is 7. The van der Waals surface area contributed by atoms with Gasteiger partial charge in [0.1, 0.15) is 24.3 Å². The molecule has 0 radical (unpaired) electrons. The van der Waals surface area contributed by atoms with Gasteiger partial charge in [0.25, 0.3) is 5.91 Å². The lowest BCUT2D eigenvalue weighted by atomic mass is 10.1. The Balaban J connectivity index is 1.61. The molecular weight excluding hydrogens is 454 g/mol. The number of carbonyl (C=O) groups excluding carboxylic acids is 2. The predicted octanol–water partition coefficient (Wildman–Crippen LogP) is 2.33. The highest BCUT2D eigenvalue weighted by Crippen LogP contribution is 2.32. The van der Waals surface area contributed by atoms with E-state index in [0.29, 0.717) is 28.2 Å². The molecule has 5 aromatic rings. The van der Waals surface area contributed by atoms with E-state index < -0.39 is 5.91 Å². The number of aryl methyl sites for hydroxylation is 1. The van der Waals surface area contributed by atoms with E-state index in [-0.39, 0.29) is 18.5 Å². The molecule has 5 rings (SSSR count). The van der Waals surface area contributed by atoms with Crippen LogP contribution in [0.3, 0.4) is 0 Å². The second kappa shape index (κ2) is 8.56. The van der Waals surface area contributed by atoms with Crippen molar-refractivity contribution < 1.29 is 9.59 Å². The molecule has 11 nitrogen and oxygen atoms in total. The summed E-state index contributed by atoms with van der Waals surface area (Å²) in [6.07, 6.45) is 8.29. The number of imidazole rings is 1. The Labute approximate surface area is 197 Å². The lowest BCUT2D eigenvalue weighted by molar-refractivity contribution is -0.118. The zero-order valence-electron chi connectivity index (χ0n) is 18.4. The van der Waals surface area contributed by atoms with Crippen molar-refractivity contribution in [2.24, 2.45) is 5.73 Å². The molecule has 0 spiro atoms. The van der Waals surface area contributed by atoms with Crippen LogP contribution in [0.2, 0.25) is 0 Å². The summed E-state index contributed by atoms with van der Waals surface area (Å²) in [5.74, 6) is -0.219. The highest BCUT2D eigenvalue weighted by atomic mass is 32.1. The van der Waals surface area contributed by atoms with Gasteiger partial charge in [0, 0.05) is 28.4 Å². The summed E-state index contributed by atoms with van der Waals surface area (Å²) >= 11 is 1.65. The van der Waals surface area contributed by atoms with Crippen LogP contribution >= 0.6 is 11.3 Å². The minimum Gasteiger partial charge on any atom is -0.368 e. The lowest BCUT2D eigenvalue weighted by Gasteiger charge is -2.13. The second-order valence-electron chi connectivity index (χ2n) is 7.85. The van der Waals surface area contributed by atoms with Crippen LogP contribution in [-0.2, 0) is 11.3 Å². The zero-order chi connectivity index (χ0) is 23.8. The van der Waals surface area contributed by atoms with Crippen LogP contribution in [-0.4, -0.2) is 46.2 Å². The van der Waals surface area contributed by atoms with Crippen LogP contribution in [0.15, 0.2) is 49.3 Å². The Kier molecular flexibility index (Phi) is 5.42. The number of H-pyrrole nitrogens is 1. The molecule has 0 aliphatic rings. The van der Waals surface area contributed by atoms with E-state index in [1.54, 1.807) is 42.2 Å². The highest BCUT2D eigenvalue weighted by molar-refractivity contribution is 7.15. The molecule has 5 heterocycles. The summed E-state index contributed by atoms with van der Waals surface area (Å²) in [5, 5.41) is 13.8. The Hall–Kier alpha value is -4.32. The number of hydrogen-bond donors (Lipinski definition) is 3. The molecule has 1 atom stereocenters. The van der Waals surface area contributed by atoms with Crippen LogP contribution in [0, 0.1) is 6.92 Å². The number of thiophene rings is 1. The molecule has 172 valence electrons. The van der Waals surface area contributed by atoms with Gasteiger partial charge in [0.15, 0.2) is 0 Å². The van der Waals surface area contributed by atoms with Gasteiger partial charge in [-0.2, -0.15) is 10.2 Å². The van der Waals surface area contributed by atoms with Gasteiger partial charge in [-0.25, -0.2) is 9.97 Å². The molecule has 2 amide bonds. The monoisotopic (exact) mass is 475 g/mol. The molecule has 0 fully saturated rings. The smallest absolute Gasteiger partial charge is 0.253 e. The van der Waals surface area contributed by atoms with E-state index in [4.69, 9.17) is 5.73 Å². The molecule has 0 saturated heterocycles. The van der Waals surface area contributed by atoms with Crippen molar-refractivity contribution in [2.45, 2.75) is 26.4 Å². The molecule has 34 heavy (non-hydrogen) atoms. The van der Waals surface area contributed by atoms with Crippen molar-refractivity contribution in [2.75, 3.05) is 0 Å². The Morgan fingerprint density at radius 1 is 1.24 bits per heavy atom. The lowest BCUT2D eigenvalue weighted by Crippen LogP contribution is -2.27. The fraction of sp³-hybridized carbons (Fsp3) is 0.182. The summed E-state index contributed by atoms with van der Waals surface area (Å²) in [7, 11) is 0. The number of carbonyl (C=O) groups is 2. The second-order valence-corrected chi connectivity index (χ2v) is 9.14. The molecule has 4 N–H and O–H groups in total.